The number of aliphatic hydroxyl groups is 6. The lowest BCUT2D eigenvalue weighted by Gasteiger charge is -2.40. The molecule has 0 saturated carbocycles. The molecule has 0 radical (unpaired) electrons. The molecule has 1 rings (SSSR count). The molecule has 0 aliphatic carbocycles. The predicted octanol–water partition coefficient (Wildman–Crippen LogP) is 14.9. The van der Waals surface area contributed by atoms with Gasteiger partial charge in [0.25, 0.3) is 0 Å². The van der Waals surface area contributed by atoms with E-state index >= 15 is 0 Å². The van der Waals surface area contributed by atoms with Crippen LogP contribution >= 0.6 is 0 Å². The maximum atomic E-state index is 13.1. The molecular weight excluding hydrogens is 915 g/mol. The summed E-state index contributed by atoms with van der Waals surface area (Å²) >= 11 is 0. The van der Waals surface area contributed by atoms with Crippen molar-refractivity contribution in [1.82, 2.24) is 5.32 Å². The Morgan fingerprint density at radius 3 is 1.19 bits per heavy atom. The molecule has 8 atom stereocenters. The van der Waals surface area contributed by atoms with E-state index in [9.17, 15) is 35.4 Å². The van der Waals surface area contributed by atoms with Gasteiger partial charge in [0.2, 0.25) is 5.91 Å². The normalized spacial score (nSPS) is 19.7. The summed E-state index contributed by atoms with van der Waals surface area (Å²) in [4.78, 5) is 13.1. The van der Waals surface area contributed by atoms with Gasteiger partial charge in [0, 0.05) is 0 Å². The van der Waals surface area contributed by atoms with Crippen LogP contribution in [0.15, 0.2) is 36.5 Å². The number of ether oxygens (including phenoxy) is 2. The summed E-state index contributed by atoms with van der Waals surface area (Å²) in [5.74, 6) is -0.626. The first-order valence-electron chi connectivity index (χ1n) is 31.3. The number of aliphatic hydroxyl groups excluding tert-OH is 6. The first-order chi connectivity index (χ1) is 35.8. The Hall–Kier alpha value is -1.63. The minimum absolute atomic E-state index is 0.304. The summed E-state index contributed by atoms with van der Waals surface area (Å²) < 4.78 is 11.2. The van der Waals surface area contributed by atoms with Gasteiger partial charge in [-0.3, -0.25) is 4.79 Å². The third-order valence-corrected chi connectivity index (χ3v) is 15.1. The van der Waals surface area contributed by atoms with Crippen molar-refractivity contribution in [2.45, 2.75) is 345 Å². The fourth-order valence-corrected chi connectivity index (χ4v) is 10.0. The number of allylic oxidation sites excluding steroid dienone is 5. The molecule has 0 aromatic heterocycles. The largest absolute Gasteiger partial charge is 0.394 e. The fraction of sp³-hybridized carbons (Fsp3) is 0.889. The molecule has 1 aliphatic rings. The van der Waals surface area contributed by atoms with Crippen LogP contribution in [0.5, 0.6) is 0 Å². The SMILES string of the molecule is CCCCCC/C=C/CC/C=C/CC/C=C/C(O)C(COC1OC(CO)C(O)C(O)C1O)NC(=O)C(O)CCCCCCCCCCCCCCCCCCCCCCCCCCCCCCCCCCCC. The molecule has 7 N–H and O–H groups in total. The number of hydrogen-bond donors (Lipinski definition) is 7. The van der Waals surface area contributed by atoms with Crippen LogP contribution in [0.4, 0.5) is 0 Å². The van der Waals surface area contributed by atoms with Gasteiger partial charge in [0.15, 0.2) is 6.29 Å². The van der Waals surface area contributed by atoms with Gasteiger partial charge in [-0.15, -0.1) is 0 Å². The van der Waals surface area contributed by atoms with Gasteiger partial charge in [-0.1, -0.05) is 288 Å². The number of nitrogens with one attached hydrogen (secondary N) is 1. The summed E-state index contributed by atoms with van der Waals surface area (Å²) in [6, 6.07) is -1.00. The zero-order chi connectivity index (χ0) is 53.1. The zero-order valence-corrected chi connectivity index (χ0v) is 47.5. The Labute approximate surface area is 449 Å². The van der Waals surface area contributed by atoms with Gasteiger partial charge >= 0.3 is 0 Å². The topological polar surface area (TPSA) is 169 Å². The summed E-state index contributed by atoms with van der Waals surface area (Å²) in [6.45, 7) is 3.60. The molecule has 8 unspecified atom stereocenters. The van der Waals surface area contributed by atoms with Gasteiger partial charge in [-0.25, -0.2) is 0 Å². The Bertz CT molecular complexity index is 1260. The first kappa shape index (κ1) is 69.4. The number of amides is 1. The van der Waals surface area contributed by atoms with E-state index in [0.29, 0.717) is 19.3 Å². The molecule has 0 spiro atoms. The van der Waals surface area contributed by atoms with Gasteiger partial charge in [-0.2, -0.15) is 0 Å². The standard InChI is InChI=1S/C63H119NO9/c1-3-5-7-9-11-13-15-17-19-20-21-22-23-24-25-26-27-28-29-30-31-32-33-34-35-36-37-38-40-42-44-46-48-50-52-57(67)62(71)64-55(54-72-63-61(70)60(69)59(68)58(53-65)73-63)56(66)51-49-47-45-43-41-39-18-16-14-12-10-8-6-4-2/h14,16,41,43,49,51,55-61,63,65-70H,3-13,15,17-40,42,44-48,50,52-54H2,1-2H3,(H,64,71)/b16-14+,43-41+,51-49+. The average Bonchev–Trinajstić information content (AvgIpc) is 3.39. The molecule has 0 aromatic carbocycles. The second-order valence-electron chi connectivity index (χ2n) is 22.0. The van der Waals surface area contributed by atoms with Crippen molar-refractivity contribution < 1.29 is 44.9 Å². The van der Waals surface area contributed by atoms with E-state index in [0.717, 1.165) is 44.9 Å². The second-order valence-corrected chi connectivity index (χ2v) is 22.0. The van der Waals surface area contributed by atoms with E-state index in [1.165, 1.54) is 218 Å². The maximum absolute atomic E-state index is 13.1. The number of carbonyl (C=O) groups is 1. The van der Waals surface area contributed by atoms with E-state index < -0.39 is 61.5 Å². The Morgan fingerprint density at radius 1 is 0.466 bits per heavy atom. The Kier molecular flexibility index (Phi) is 49.8. The molecule has 10 heteroatoms. The monoisotopic (exact) mass is 1030 g/mol. The highest BCUT2D eigenvalue weighted by atomic mass is 16.7. The highest BCUT2D eigenvalue weighted by molar-refractivity contribution is 5.80. The molecule has 1 fully saturated rings. The molecule has 73 heavy (non-hydrogen) atoms. The summed E-state index contributed by atoms with van der Waals surface area (Å²) in [7, 11) is 0. The van der Waals surface area contributed by atoms with E-state index in [1.54, 1.807) is 6.08 Å². The van der Waals surface area contributed by atoms with Gasteiger partial charge in [0.05, 0.1) is 25.4 Å². The number of rotatable bonds is 54. The summed E-state index contributed by atoms with van der Waals surface area (Å²) in [5, 5.41) is 65.0. The van der Waals surface area contributed by atoms with Crippen molar-refractivity contribution in [3.05, 3.63) is 36.5 Å². The molecule has 10 nitrogen and oxygen atoms in total. The maximum Gasteiger partial charge on any atom is 0.249 e. The minimum Gasteiger partial charge on any atom is -0.394 e. The predicted molar refractivity (Wildman–Crippen MR) is 306 cm³/mol. The lowest BCUT2D eigenvalue weighted by molar-refractivity contribution is -0.302. The second kappa shape index (κ2) is 52.4. The molecule has 1 amide bonds. The van der Waals surface area contributed by atoms with Crippen LogP contribution in [0.2, 0.25) is 0 Å². The van der Waals surface area contributed by atoms with Crippen molar-refractivity contribution in [2.24, 2.45) is 0 Å². The molecule has 1 heterocycles. The van der Waals surface area contributed by atoms with Crippen LogP contribution in [-0.2, 0) is 14.3 Å². The summed E-state index contributed by atoms with van der Waals surface area (Å²) in [6.07, 6.45) is 58.6. The number of hydrogen-bond acceptors (Lipinski definition) is 9. The Morgan fingerprint density at radius 2 is 0.808 bits per heavy atom. The highest BCUT2D eigenvalue weighted by Gasteiger charge is 2.44. The van der Waals surface area contributed by atoms with Crippen LogP contribution < -0.4 is 5.32 Å². The van der Waals surface area contributed by atoms with Crippen LogP contribution in [0.1, 0.15) is 296 Å². The van der Waals surface area contributed by atoms with Crippen LogP contribution in [0.3, 0.4) is 0 Å². The first-order valence-corrected chi connectivity index (χ1v) is 31.3. The van der Waals surface area contributed by atoms with Gasteiger partial charge in [0.1, 0.15) is 30.5 Å². The van der Waals surface area contributed by atoms with Crippen molar-refractivity contribution in [1.29, 1.82) is 0 Å². The van der Waals surface area contributed by atoms with Crippen LogP contribution in [-0.4, -0.2) is 98.7 Å². The summed E-state index contributed by atoms with van der Waals surface area (Å²) in [5.41, 5.74) is 0. The molecule has 0 bridgehead atoms. The van der Waals surface area contributed by atoms with E-state index in [4.69, 9.17) is 9.47 Å². The fourth-order valence-electron chi connectivity index (χ4n) is 10.0. The quantitative estimate of drug-likeness (QED) is 0.0232. The molecule has 1 saturated heterocycles. The minimum atomic E-state index is -1.62. The molecule has 1 aliphatic heterocycles. The molecule has 0 aromatic rings. The highest BCUT2D eigenvalue weighted by Crippen LogP contribution is 2.23. The number of carbonyl (C=O) groups excluding carboxylic acids is 1. The zero-order valence-electron chi connectivity index (χ0n) is 47.5. The lowest BCUT2D eigenvalue weighted by Crippen LogP contribution is -2.60. The molecular formula is C63H119NO9. The van der Waals surface area contributed by atoms with Crippen LogP contribution in [0, 0.1) is 0 Å². The van der Waals surface area contributed by atoms with E-state index in [2.05, 4.69) is 43.5 Å². The number of unbranched alkanes of at least 4 members (excludes halogenated alkanes) is 39. The van der Waals surface area contributed by atoms with Gasteiger partial charge < -0.3 is 45.4 Å². The van der Waals surface area contributed by atoms with E-state index in [-0.39, 0.29) is 6.61 Å². The molecule has 430 valence electrons. The third kappa shape index (κ3) is 41.2. The third-order valence-electron chi connectivity index (χ3n) is 15.1. The Balaban J connectivity index is 2.12. The van der Waals surface area contributed by atoms with Crippen molar-refractivity contribution >= 4 is 5.91 Å². The van der Waals surface area contributed by atoms with Crippen molar-refractivity contribution in [3.63, 3.8) is 0 Å². The smallest absolute Gasteiger partial charge is 0.249 e. The van der Waals surface area contributed by atoms with Gasteiger partial charge in [-0.05, 0) is 44.9 Å². The van der Waals surface area contributed by atoms with E-state index in [1.807, 2.05) is 6.08 Å². The lowest BCUT2D eigenvalue weighted by atomic mass is 9.99. The average molecular weight is 1030 g/mol. The van der Waals surface area contributed by atoms with Crippen LogP contribution in [0.25, 0.3) is 0 Å². The van der Waals surface area contributed by atoms with Crippen molar-refractivity contribution in [2.75, 3.05) is 13.2 Å². The van der Waals surface area contributed by atoms with Crippen molar-refractivity contribution in [3.8, 4) is 0 Å².